The van der Waals surface area contributed by atoms with Crippen LogP contribution >= 0.6 is 0 Å². The quantitative estimate of drug-likeness (QED) is 0.477. The smallest absolute Gasteiger partial charge is 0.422 e. The minimum atomic E-state index is -1.49. The summed E-state index contributed by atoms with van der Waals surface area (Å²) in [6, 6.07) is 3.57. The van der Waals surface area contributed by atoms with Crippen molar-refractivity contribution < 1.29 is 10.0 Å². The Morgan fingerprint density at radius 3 is 2.92 bits per heavy atom. The van der Waals surface area contributed by atoms with Gasteiger partial charge in [-0.05, 0) is 18.7 Å². The molecular formula is C7H11BN2O2. The summed E-state index contributed by atoms with van der Waals surface area (Å²) >= 11 is 0. The number of hydrogen-bond acceptors (Lipinski definition) is 4. The molecule has 0 aliphatic carbocycles. The monoisotopic (exact) mass is 166 g/mol. The fraction of sp³-hybridized carbons (Fsp3) is 0.286. The van der Waals surface area contributed by atoms with E-state index in [0.29, 0.717) is 12.1 Å². The Kier molecular flexibility index (Phi) is 3.22. The highest BCUT2D eigenvalue weighted by molar-refractivity contribution is 6.58. The van der Waals surface area contributed by atoms with Gasteiger partial charge in [-0.25, -0.2) is 0 Å². The van der Waals surface area contributed by atoms with Crippen LogP contribution in [0.3, 0.4) is 0 Å². The third-order valence-corrected chi connectivity index (χ3v) is 1.54. The van der Waals surface area contributed by atoms with Crippen molar-refractivity contribution in [2.75, 3.05) is 7.05 Å². The molecule has 5 heteroatoms. The maximum absolute atomic E-state index is 8.90. The van der Waals surface area contributed by atoms with E-state index in [1.807, 2.05) is 0 Å². The van der Waals surface area contributed by atoms with Crippen LogP contribution in [0.2, 0.25) is 0 Å². The zero-order chi connectivity index (χ0) is 8.97. The van der Waals surface area contributed by atoms with E-state index in [0.717, 1.165) is 5.56 Å². The highest BCUT2D eigenvalue weighted by Gasteiger charge is 2.16. The summed E-state index contributed by atoms with van der Waals surface area (Å²) in [6.45, 7) is 0.584. The Labute approximate surface area is 71.4 Å². The lowest BCUT2D eigenvalue weighted by Gasteiger charge is -2.05. The first-order valence-electron chi connectivity index (χ1n) is 3.70. The highest BCUT2D eigenvalue weighted by atomic mass is 16.4. The minimum Gasteiger partial charge on any atom is -0.422 e. The molecule has 64 valence electrons. The van der Waals surface area contributed by atoms with Crippen molar-refractivity contribution in [3.8, 4) is 0 Å². The van der Waals surface area contributed by atoms with Gasteiger partial charge < -0.3 is 15.4 Å². The average Bonchev–Trinajstić information content (AvgIpc) is 2.05. The Morgan fingerprint density at radius 2 is 2.33 bits per heavy atom. The first-order chi connectivity index (χ1) is 5.75. The molecule has 0 aliphatic rings. The number of nitrogens with zero attached hydrogens (tertiary/aromatic N) is 1. The summed E-state index contributed by atoms with van der Waals surface area (Å²) < 4.78 is 0. The van der Waals surface area contributed by atoms with Gasteiger partial charge in [0.15, 0.2) is 0 Å². The molecule has 0 saturated carbocycles. The molecule has 0 radical (unpaired) electrons. The van der Waals surface area contributed by atoms with Gasteiger partial charge in [0.05, 0.1) is 5.59 Å². The number of pyridine rings is 1. The Morgan fingerprint density at radius 1 is 1.58 bits per heavy atom. The van der Waals surface area contributed by atoms with Crippen molar-refractivity contribution in [3.63, 3.8) is 0 Å². The molecule has 0 aliphatic heterocycles. The zero-order valence-corrected chi connectivity index (χ0v) is 6.86. The van der Waals surface area contributed by atoms with Crippen molar-refractivity contribution >= 4 is 12.7 Å². The number of rotatable bonds is 3. The summed E-state index contributed by atoms with van der Waals surface area (Å²) in [5, 5.41) is 20.7. The van der Waals surface area contributed by atoms with Gasteiger partial charge in [0.2, 0.25) is 0 Å². The predicted molar refractivity (Wildman–Crippen MR) is 46.8 cm³/mol. The van der Waals surface area contributed by atoms with Crippen LogP contribution in [-0.2, 0) is 6.54 Å². The van der Waals surface area contributed by atoms with Crippen LogP contribution in [0.5, 0.6) is 0 Å². The molecule has 0 amide bonds. The molecule has 0 atom stereocenters. The molecule has 0 fully saturated rings. The van der Waals surface area contributed by atoms with E-state index in [9.17, 15) is 0 Å². The lowest BCUT2D eigenvalue weighted by atomic mass is 9.82. The lowest BCUT2D eigenvalue weighted by molar-refractivity contribution is 0.423. The largest absolute Gasteiger partial charge is 0.508 e. The molecule has 0 aromatic carbocycles. The van der Waals surface area contributed by atoms with Gasteiger partial charge in [-0.3, -0.25) is 4.98 Å². The molecule has 1 rings (SSSR count). The van der Waals surface area contributed by atoms with Gasteiger partial charge in [-0.15, -0.1) is 0 Å². The molecular weight excluding hydrogens is 155 g/mol. The molecule has 1 aromatic heterocycles. The second kappa shape index (κ2) is 4.20. The normalized spacial score (nSPS) is 9.92. The Balaban J connectivity index is 2.92. The molecule has 1 aromatic rings. The van der Waals surface area contributed by atoms with Crippen LogP contribution in [-0.4, -0.2) is 29.2 Å². The first kappa shape index (κ1) is 9.19. The maximum Gasteiger partial charge on any atom is 0.508 e. The molecule has 0 saturated heterocycles. The van der Waals surface area contributed by atoms with E-state index in [2.05, 4.69) is 10.3 Å². The molecule has 4 nitrogen and oxygen atoms in total. The van der Waals surface area contributed by atoms with Crippen molar-refractivity contribution in [1.29, 1.82) is 0 Å². The number of nitrogens with one attached hydrogen (secondary N) is 1. The second-order valence-corrected chi connectivity index (χ2v) is 2.45. The second-order valence-electron chi connectivity index (χ2n) is 2.45. The number of aromatic nitrogens is 1. The van der Waals surface area contributed by atoms with Gasteiger partial charge in [0.25, 0.3) is 0 Å². The molecule has 0 bridgehead atoms. The van der Waals surface area contributed by atoms with Crippen LogP contribution < -0.4 is 10.9 Å². The predicted octanol–water partition coefficient (Wildman–Crippen LogP) is -1.52. The summed E-state index contributed by atoms with van der Waals surface area (Å²) in [7, 11) is 0.301. The van der Waals surface area contributed by atoms with Gasteiger partial charge >= 0.3 is 7.12 Å². The van der Waals surface area contributed by atoms with E-state index in [-0.39, 0.29) is 0 Å². The Bertz CT molecular complexity index is 255. The fourth-order valence-electron chi connectivity index (χ4n) is 1.02. The van der Waals surface area contributed by atoms with Gasteiger partial charge in [0.1, 0.15) is 0 Å². The first-order valence-corrected chi connectivity index (χ1v) is 3.70. The van der Waals surface area contributed by atoms with Gasteiger partial charge in [-0.1, -0.05) is 6.07 Å². The zero-order valence-electron chi connectivity index (χ0n) is 6.86. The summed E-state index contributed by atoms with van der Waals surface area (Å²) in [6.07, 6.45) is 1.54. The standard InChI is InChI=1S/C7H11BN2O2/c1-9-5-6-3-2-4-10-7(6)8(11)12/h2-4,9,11-12H,5H2,1H3. The molecule has 0 unspecified atom stereocenters. The maximum atomic E-state index is 8.90. The third-order valence-electron chi connectivity index (χ3n) is 1.54. The Hall–Kier alpha value is -0.905. The minimum absolute atomic E-state index is 0.312. The van der Waals surface area contributed by atoms with E-state index in [1.165, 1.54) is 6.20 Å². The van der Waals surface area contributed by atoms with Crippen LogP contribution in [0.1, 0.15) is 5.56 Å². The third kappa shape index (κ3) is 2.04. The average molecular weight is 166 g/mol. The highest BCUT2D eigenvalue weighted by Crippen LogP contribution is 1.92. The van der Waals surface area contributed by atoms with E-state index in [4.69, 9.17) is 10.0 Å². The molecule has 0 spiro atoms. The van der Waals surface area contributed by atoms with E-state index >= 15 is 0 Å². The van der Waals surface area contributed by atoms with Gasteiger partial charge in [0, 0.05) is 12.7 Å². The molecule has 3 N–H and O–H groups in total. The summed E-state index contributed by atoms with van der Waals surface area (Å²) in [5.74, 6) is 0. The SMILES string of the molecule is CNCc1cccnc1B(O)O. The van der Waals surface area contributed by atoms with E-state index < -0.39 is 7.12 Å². The van der Waals surface area contributed by atoms with E-state index in [1.54, 1.807) is 19.2 Å². The molecule has 1 heterocycles. The topological polar surface area (TPSA) is 65.4 Å². The van der Waals surface area contributed by atoms with Crippen LogP contribution in [0.15, 0.2) is 18.3 Å². The number of hydrogen-bond donors (Lipinski definition) is 3. The molecule has 12 heavy (non-hydrogen) atoms. The van der Waals surface area contributed by atoms with Crippen molar-refractivity contribution in [1.82, 2.24) is 10.3 Å². The fourth-order valence-corrected chi connectivity index (χ4v) is 1.02. The lowest BCUT2D eigenvalue weighted by Crippen LogP contribution is -2.36. The van der Waals surface area contributed by atoms with Crippen LogP contribution in [0, 0.1) is 0 Å². The summed E-state index contributed by atoms with van der Waals surface area (Å²) in [4.78, 5) is 3.86. The van der Waals surface area contributed by atoms with Crippen LogP contribution in [0.4, 0.5) is 0 Å². The van der Waals surface area contributed by atoms with Crippen molar-refractivity contribution in [2.24, 2.45) is 0 Å². The summed E-state index contributed by atoms with van der Waals surface area (Å²) in [5.41, 5.74) is 1.11. The van der Waals surface area contributed by atoms with Gasteiger partial charge in [-0.2, -0.15) is 0 Å². The van der Waals surface area contributed by atoms with Crippen LogP contribution in [0.25, 0.3) is 0 Å². The van der Waals surface area contributed by atoms with Crippen molar-refractivity contribution in [2.45, 2.75) is 6.54 Å². The van der Waals surface area contributed by atoms with Crippen molar-refractivity contribution in [3.05, 3.63) is 23.9 Å².